The van der Waals surface area contributed by atoms with Gasteiger partial charge in [-0.3, -0.25) is 0 Å². The average Bonchev–Trinajstić information content (AvgIpc) is 2.74. The average molecular weight is 304 g/mol. The molecule has 0 saturated carbocycles. The fourth-order valence-corrected chi connectivity index (χ4v) is 3.05. The zero-order valence-corrected chi connectivity index (χ0v) is 11.8. The van der Waals surface area contributed by atoms with Crippen LogP contribution in [0.25, 0.3) is 0 Å². The summed E-state index contributed by atoms with van der Waals surface area (Å²) in [6.45, 7) is 0. The summed E-state index contributed by atoms with van der Waals surface area (Å²) in [6.07, 6.45) is 1.80. The van der Waals surface area contributed by atoms with Crippen molar-refractivity contribution in [3.8, 4) is 0 Å². The van der Waals surface area contributed by atoms with Gasteiger partial charge in [-0.2, -0.15) is 0 Å². The number of benzene rings is 1. The molecular formula is C11H10ClNO3S2. The van der Waals surface area contributed by atoms with Gasteiger partial charge >= 0.3 is 0 Å². The Labute approximate surface area is 114 Å². The molecule has 0 radical (unpaired) electrons. The van der Waals surface area contributed by atoms with Gasteiger partial charge < -0.3 is 5.11 Å². The zero-order valence-electron chi connectivity index (χ0n) is 9.37. The highest BCUT2D eigenvalue weighted by Crippen LogP contribution is 2.29. The van der Waals surface area contributed by atoms with Crippen molar-refractivity contribution in [2.45, 2.75) is 11.0 Å². The van der Waals surface area contributed by atoms with E-state index in [0.29, 0.717) is 14.9 Å². The lowest BCUT2D eigenvalue weighted by molar-refractivity contribution is 0.224. The van der Waals surface area contributed by atoms with E-state index in [9.17, 15) is 13.5 Å². The van der Waals surface area contributed by atoms with Gasteiger partial charge in [0.2, 0.25) is 0 Å². The minimum Gasteiger partial charge on any atom is -0.383 e. The fraction of sp³-hybridized carbons (Fsp3) is 0.182. The molecule has 1 atom stereocenters. The van der Waals surface area contributed by atoms with Gasteiger partial charge in [0.05, 0.1) is 9.77 Å². The number of hydrogen-bond acceptors (Lipinski definition) is 5. The van der Waals surface area contributed by atoms with E-state index < -0.39 is 15.9 Å². The molecule has 0 saturated heterocycles. The van der Waals surface area contributed by atoms with Crippen molar-refractivity contribution >= 4 is 32.8 Å². The second-order valence-electron chi connectivity index (χ2n) is 3.76. The van der Waals surface area contributed by atoms with E-state index in [-0.39, 0.29) is 4.90 Å². The van der Waals surface area contributed by atoms with E-state index in [1.165, 1.54) is 29.7 Å². The normalized spacial score (nSPS) is 13.5. The minimum absolute atomic E-state index is 0.223. The Morgan fingerprint density at radius 3 is 2.39 bits per heavy atom. The third-order valence-electron chi connectivity index (χ3n) is 2.39. The van der Waals surface area contributed by atoms with Crippen molar-refractivity contribution in [2.24, 2.45) is 0 Å². The van der Waals surface area contributed by atoms with E-state index in [2.05, 4.69) is 4.98 Å². The maximum atomic E-state index is 11.3. The molecule has 1 aromatic heterocycles. The number of aliphatic hydroxyl groups is 1. The van der Waals surface area contributed by atoms with Crippen LogP contribution in [0.5, 0.6) is 0 Å². The van der Waals surface area contributed by atoms with Crippen LogP contribution < -0.4 is 0 Å². The number of halogens is 1. The largest absolute Gasteiger partial charge is 0.383 e. The van der Waals surface area contributed by atoms with Gasteiger partial charge in [0, 0.05) is 12.5 Å². The Hall–Kier alpha value is -0.950. The van der Waals surface area contributed by atoms with Crippen LogP contribution in [0.4, 0.5) is 0 Å². The third-order valence-corrected chi connectivity index (χ3v) is 4.68. The van der Waals surface area contributed by atoms with Crippen LogP contribution in [0.3, 0.4) is 0 Å². The Morgan fingerprint density at radius 1 is 1.33 bits per heavy atom. The molecule has 4 nitrogen and oxygen atoms in total. The summed E-state index contributed by atoms with van der Waals surface area (Å²) in [4.78, 5) is 4.69. The number of sulfone groups is 1. The molecule has 1 heterocycles. The summed E-state index contributed by atoms with van der Waals surface area (Å²) in [6, 6.07) is 6.09. The number of aliphatic hydroxyl groups excluding tert-OH is 1. The molecule has 0 aliphatic rings. The molecule has 2 rings (SSSR count). The summed E-state index contributed by atoms with van der Waals surface area (Å²) in [5.41, 5.74) is 0.600. The molecule has 1 unspecified atom stereocenters. The van der Waals surface area contributed by atoms with Gasteiger partial charge in [-0.25, -0.2) is 13.4 Å². The minimum atomic E-state index is -3.22. The van der Waals surface area contributed by atoms with E-state index in [0.717, 1.165) is 6.26 Å². The highest BCUT2D eigenvalue weighted by atomic mass is 35.5. The van der Waals surface area contributed by atoms with Gasteiger partial charge in [0.15, 0.2) is 14.3 Å². The summed E-state index contributed by atoms with van der Waals surface area (Å²) >= 11 is 6.88. The van der Waals surface area contributed by atoms with Crippen molar-refractivity contribution in [3.63, 3.8) is 0 Å². The Morgan fingerprint density at radius 2 is 1.94 bits per heavy atom. The first kappa shape index (κ1) is 13.5. The van der Waals surface area contributed by atoms with Gasteiger partial charge in [-0.1, -0.05) is 23.7 Å². The molecule has 0 spiro atoms. The number of aromatic nitrogens is 1. The van der Waals surface area contributed by atoms with Crippen LogP contribution in [0.1, 0.15) is 16.5 Å². The molecule has 0 aliphatic heterocycles. The molecule has 2 aromatic rings. The van der Waals surface area contributed by atoms with Crippen LogP contribution in [-0.2, 0) is 9.84 Å². The first-order valence-electron chi connectivity index (χ1n) is 4.97. The summed E-state index contributed by atoms with van der Waals surface area (Å²) in [5, 5.41) is 10.1. The van der Waals surface area contributed by atoms with Gasteiger partial charge in [-0.15, -0.1) is 11.3 Å². The molecule has 0 amide bonds. The first-order valence-corrected chi connectivity index (χ1v) is 8.06. The molecule has 0 aliphatic carbocycles. The monoisotopic (exact) mass is 303 g/mol. The van der Waals surface area contributed by atoms with Crippen molar-refractivity contribution in [3.05, 3.63) is 45.4 Å². The highest BCUT2D eigenvalue weighted by molar-refractivity contribution is 7.90. The standard InChI is InChI=1S/C11H10ClNO3S2/c1-18(15,16)8-4-2-7(3-5-8)10(14)9-6-13-11(12)17-9/h2-6,10,14H,1H3. The van der Waals surface area contributed by atoms with Crippen LogP contribution in [-0.4, -0.2) is 24.8 Å². The van der Waals surface area contributed by atoms with Crippen LogP contribution in [0.15, 0.2) is 35.4 Å². The Bertz CT molecular complexity index is 649. The van der Waals surface area contributed by atoms with Crippen LogP contribution in [0.2, 0.25) is 4.47 Å². The Balaban J connectivity index is 2.30. The lowest BCUT2D eigenvalue weighted by atomic mass is 10.1. The van der Waals surface area contributed by atoms with Gasteiger partial charge in [0.25, 0.3) is 0 Å². The number of thiazole rings is 1. The maximum absolute atomic E-state index is 11.3. The van der Waals surface area contributed by atoms with Crippen molar-refractivity contribution in [1.29, 1.82) is 0 Å². The second kappa shape index (κ2) is 4.97. The predicted octanol–water partition coefficient (Wildman–Crippen LogP) is 2.28. The fourth-order valence-electron chi connectivity index (χ4n) is 1.45. The lowest BCUT2D eigenvalue weighted by Crippen LogP contribution is -2.00. The van der Waals surface area contributed by atoms with Crippen molar-refractivity contribution < 1.29 is 13.5 Å². The quantitative estimate of drug-likeness (QED) is 0.944. The van der Waals surface area contributed by atoms with E-state index >= 15 is 0 Å². The molecule has 96 valence electrons. The highest BCUT2D eigenvalue weighted by Gasteiger charge is 2.15. The molecule has 0 fully saturated rings. The molecule has 18 heavy (non-hydrogen) atoms. The summed E-state index contributed by atoms with van der Waals surface area (Å²) < 4.78 is 23.0. The lowest BCUT2D eigenvalue weighted by Gasteiger charge is -2.08. The molecular weight excluding hydrogens is 294 g/mol. The maximum Gasteiger partial charge on any atom is 0.183 e. The van der Waals surface area contributed by atoms with Gasteiger partial charge in [-0.05, 0) is 17.7 Å². The van der Waals surface area contributed by atoms with Crippen molar-refractivity contribution in [1.82, 2.24) is 4.98 Å². The number of hydrogen-bond donors (Lipinski definition) is 1. The topological polar surface area (TPSA) is 67.3 Å². The smallest absolute Gasteiger partial charge is 0.183 e. The third kappa shape index (κ3) is 2.89. The number of nitrogens with zero attached hydrogens (tertiary/aromatic N) is 1. The number of rotatable bonds is 3. The van der Waals surface area contributed by atoms with Crippen molar-refractivity contribution in [2.75, 3.05) is 6.26 Å². The van der Waals surface area contributed by atoms with Crippen LogP contribution >= 0.6 is 22.9 Å². The molecule has 1 N–H and O–H groups in total. The predicted molar refractivity (Wildman–Crippen MR) is 70.7 cm³/mol. The van der Waals surface area contributed by atoms with E-state index in [1.54, 1.807) is 12.1 Å². The SMILES string of the molecule is CS(=O)(=O)c1ccc(C(O)c2cnc(Cl)s2)cc1. The first-order chi connectivity index (χ1) is 8.38. The van der Waals surface area contributed by atoms with Gasteiger partial charge in [0.1, 0.15) is 6.10 Å². The molecule has 0 bridgehead atoms. The molecule has 1 aromatic carbocycles. The van der Waals surface area contributed by atoms with E-state index in [1.807, 2.05) is 0 Å². The Kier molecular flexibility index (Phi) is 3.72. The zero-order chi connectivity index (χ0) is 13.3. The molecule has 7 heteroatoms. The second-order valence-corrected chi connectivity index (χ2v) is 7.42. The summed E-state index contributed by atoms with van der Waals surface area (Å²) in [5.74, 6) is 0. The summed E-state index contributed by atoms with van der Waals surface area (Å²) in [7, 11) is -3.22. The van der Waals surface area contributed by atoms with Crippen LogP contribution in [0, 0.1) is 0 Å². The van der Waals surface area contributed by atoms with E-state index in [4.69, 9.17) is 11.6 Å².